The molecule has 0 bridgehead atoms. The van der Waals surface area contributed by atoms with Gasteiger partial charge in [-0.25, -0.2) is 0 Å². The van der Waals surface area contributed by atoms with Crippen LogP contribution in [0.15, 0.2) is 0 Å². The van der Waals surface area contributed by atoms with Crippen molar-refractivity contribution in [3.63, 3.8) is 0 Å². The van der Waals surface area contributed by atoms with E-state index in [-0.39, 0.29) is 11.5 Å². The van der Waals surface area contributed by atoms with E-state index < -0.39 is 0 Å². The van der Waals surface area contributed by atoms with Crippen molar-refractivity contribution in [1.82, 2.24) is 0 Å². The lowest BCUT2D eigenvalue weighted by Gasteiger charge is -2.58. The summed E-state index contributed by atoms with van der Waals surface area (Å²) in [6, 6.07) is 0. The monoisotopic (exact) mass is 168 g/mol. The smallest absolute Gasteiger partial charge is 0.0599 e. The van der Waals surface area contributed by atoms with Gasteiger partial charge in [0.2, 0.25) is 0 Å². The van der Waals surface area contributed by atoms with Gasteiger partial charge in [0.15, 0.2) is 0 Å². The minimum atomic E-state index is -0.0120. The van der Waals surface area contributed by atoms with E-state index in [0.717, 1.165) is 12.3 Å². The normalized spacial score (nSPS) is 51.0. The Hall–Kier alpha value is -0.0400. The van der Waals surface area contributed by atoms with Gasteiger partial charge in [0, 0.05) is 0 Å². The van der Waals surface area contributed by atoms with Gasteiger partial charge in [0.25, 0.3) is 0 Å². The van der Waals surface area contributed by atoms with Crippen LogP contribution < -0.4 is 0 Å². The Bertz CT molecular complexity index is 197. The molecule has 0 amide bonds. The number of hydrogen-bond acceptors (Lipinski definition) is 1. The average molecular weight is 168 g/mol. The SMILES string of the molecule is CC1(C)CCC2CC(O)C2(C)C1. The van der Waals surface area contributed by atoms with Gasteiger partial charge >= 0.3 is 0 Å². The molecule has 12 heavy (non-hydrogen) atoms. The van der Waals surface area contributed by atoms with E-state index in [1.54, 1.807) is 0 Å². The summed E-state index contributed by atoms with van der Waals surface area (Å²) >= 11 is 0. The molecular weight excluding hydrogens is 148 g/mol. The molecule has 1 heteroatoms. The van der Waals surface area contributed by atoms with Crippen LogP contribution in [0.4, 0.5) is 0 Å². The first kappa shape index (κ1) is 8.55. The van der Waals surface area contributed by atoms with Crippen molar-refractivity contribution in [3.8, 4) is 0 Å². The lowest BCUT2D eigenvalue weighted by molar-refractivity contribution is -0.158. The highest BCUT2D eigenvalue weighted by Gasteiger charge is 2.55. The van der Waals surface area contributed by atoms with E-state index in [1.807, 2.05) is 0 Å². The highest BCUT2D eigenvalue weighted by Crippen LogP contribution is 2.59. The Kier molecular flexibility index (Phi) is 1.61. The maximum absolute atomic E-state index is 9.73. The highest BCUT2D eigenvalue weighted by molar-refractivity contribution is 5.05. The first-order valence-corrected chi connectivity index (χ1v) is 5.12. The second-order valence-corrected chi connectivity index (χ2v) is 5.83. The van der Waals surface area contributed by atoms with Crippen LogP contribution in [0.3, 0.4) is 0 Å². The molecule has 3 unspecified atom stereocenters. The molecule has 0 radical (unpaired) electrons. The fourth-order valence-electron chi connectivity index (χ4n) is 3.31. The molecule has 0 aromatic carbocycles. The van der Waals surface area contributed by atoms with Crippen molar-refractivity contribution in [1.29, 1.82) is 0 Å². The fourth-order valence-corrected chi connectivity index (χ4v) is 3.31. The molecule has 2 fully saturated rings. The second-order valence-electron chi connectivity index (χ2n) is 5.83. The molecule has 0 aliphatic heterocycles. The molecule has 0 spiro atoms. The maximum atomic E-state index is 9.73. The first-order valence-electron chi connectivity index (χ1n) is 5.12. The third kappa shape index (κ3) is 1.02. The summed E-state index contributed by atoms with van der Waals surface area (Å²) in [6.45, 7) is 6.94. The molecule has 2 saturated carbocycles. The van der Waals surface area contributed by atoms with Crippen molar-refractivity contribution < 1.29 is 5.11 Å². The molecule has 2 rings (SSSR count). The summed E-state index contributed by atoms with van der Waals surface area (Å²) in [5.41, 5.74) is 0.731. The molecule has 0 aromatic heterocycles. The van der Waals surface area contributed by atoms with E-state index in [2.05, 4.69) is 20.8 Å². The maximum Gasteiger partial charge on any atom is 0.0599 e. The number of fused-ring (bicyclic) bond motifs is 1. The minimum absolute atomic E-state index is 0.0120. The van der Waals surface area contributed by atoms with Gasteiger partial charge in [-0.2, -0.15) is 0 Å². The third-order valence-electron chi connectivity index (χ3n) is 4.23. The molecule has 0 saturated heterocycles. The topological polar surface area (TPSA) is 20.2 Å². The predicted molar refractivity (Wildman–Crippen MR) is 49.9 cm³/mol. The Morgan fingerprint density at radius 2 is 1.92 bits per heavy atom. The van der Waals surface area contributed by atoms with Crippen molar-refractivity contribution in [2.45, 2.75) is 52.6 Å². The largest absolute Gasteiger partial charge is 0.393 e. The molecule has 2 aliphatic carbocycles. The van der Waals surface area contributed by atoms with Crippen molar-refractivity contribution in [2.24, 2.45) is 16.7 Å². The Morgan fingerprint density at radius 3 is 2.42 bits per heavy atom. The lowest BCUT2D eigenvalue weighted by atomic mass is 9.48. The molecule has 0 heterocycles. The van der Waals surface area contributed by atoms with Crippen LogP contribution >= 0.6 is 0 Å². The summed E-state index contributed by atoms with van der Waals surface area (Å²) in [6.07, 6.45) is 4.95. The van der Waals surface area contributed by atoms with Crippen molar-refractivity contribution in [2.75, 3.05) is 0 Å². The van der Waals surface area contributed by atoms with E-state index >= 15 is 0 Å². The standard InChI is InChI=1S/C11H20O/c1-10(2)5-4-8-6-9(12)11(8,3)7-10/h8-9,12H,4-7H2,1-3H3. The van der Waals surface area contributed by atoms with Crippen LogP contribution in [0.25, 0.3) is 0 Å². The summed E-state index contributed by atoms with van der Waals surface area (Å²) in [4.78, 5) is 0. The van der Waals surface area contributed by atoms with Crippen LogP contribution in [0.1, 0.15) is 46.5 Å². The van der Waals surface area contributed by atoms with E-state index in [4.69, 9.17) is 0 Å². The van der Waals surface area contributed by atoms with E-state index in [0.29, 0.717) is 5.41 Å². The van der Waals surface area contributed by atoms with Gasteiger partial charge < -0.3 is 5.11 Å². The summed E-state index contributed by atoms with van der Waals surface area (Å²) in [5.74, 6) is 0.820. The van der Waals surface area contributed by atoms with Gasteiger partial charge in [0.1, 0.15) is 0 Å². The van der Waals surface area contributed by atoms with Crippen LogP contribution in [-0.2, 0) is 0 Å². The number of hydrogen-bond donors (Lipinski definition) is 1. The molecule has 1 nitrogen and oxygen atoms in total. The predicted octanol–water partition coefficient (Wildman–Crippen LogP) is 2.58. The Labute approximate surface area is 75.2 Å². The summed E-state index contributed by atoms with van der Waals surface area (Å²) < 4.78 is 0. The quantitative estimate of drug-likeness (QED) is 0.589. The second kappa shape index (κ2) is 2.25. The molecule has 1 N–H and O–H groups in total. The number of rotatable bonds is 0. The average Bonchev–Trinajstić information content (AvgIpc) is 1.94. The Morgan fingerprint density at radius 1 is 1.25 bits per heavy atom. The summed E-state index contributed by atoms with van der Waals surface area (Å²) in [7, 11) is 0. The van der Waals surface area contributed by atoms with Crippen LogP contribution in [0.5, 0.6) is 0 Å². The van der Waals surface area contributed by atoms with E-state index in [1.165, 1.54) is 19.3 Å². The number of aliphatic hydroxyl groups excluding tert-OH is 1. The van der Waals surface area contributed by atoms with Gasteiger partial charge in [0.05, 0.1) is 6.10 Å². The molecule has 70 valence electrons. The minimum Gasteiger partial charge on any atom is -0.393 e. The zero-order chi connectivity index (χ0) is 8.98. The third-order valence-corrected chi connectivity index (χ3v) is 4.23. The van der Waals surface area contributed by atoms with E-state index in [9.17, 15) is 5.11 Å². The molecule has 2 aliphatic rings. The molecular formula is C11H20O. The molecule has 0 aromatic rings. The highest BCUT2D eigenvalue weighted by atomic mass is 16.3. The lowest BCUT2D eigenvalue weighted by Crippen LogP contribution is -2.55. The first-order chi connectivity index (χ1) is 5.44. The Balaban J connectivity index is 2.14. The zero-order valence-corrected chi connectivity index (χ0v) is 8.43. The van der Waals surface area contributed by atoms with Gasteiger partial charge in [-0.05, 0) is 42.4 Å². The van der Waals surface area contributed by atoms with Gasteiger partial charge in [-0.15, -0.1) is 0 Å². The van der Waals surface area contributed by atoms with Crippen LogP contribution in [-0.4, -0.2) is 11.2 Å². The van der Waals surface area contributed by atoms with Crippen molar-refractivity contribution >= 4 is 0 Å². The van der Waals surface area contributed by atoms with Gasteiger partial charge in [-0.3, -0.25) is 0 Å². The van der Waals surface area contributed by atoms with Gasteiger partial charge in [-0.1, -0.05) is 20.8 Å². The van der Waals surface area contributed by atoms with Crippen LogP contribution in [0.2, 0.25) is 0 Å². The number of aliphatic hydroxyl groups is 1. The summed E-state index contributed by atoms with van der Waals surface area (Å²) in [5, 5.41) is 9.73. The van der Waals surface area contributed by atoms with Crippen molar-refractivity contribution in [3.05, 3.63) is 0 Å². The molecule has 3 atom stereocenters. The fraction of sp³-hybridized carbons (Fsp3) is 1.00. The zero-order valence-electron chi connectivity index (χ0n) is 8.43. The van der Waals surface area contributed by atoms with Crippen LogP contribution in [0, 0.1) is 16.7 Å².